The highest BCUT2D eigenvalue weighted by atomic mass is 16.3. The van der Waals surface area contributed by atoms with Crippen LogP contribution in [0.4, 0.5) is 0 Å². The number of nitrogens with zero attached hydrogens (tertiary/aromatic N) is 2. The largest absolute Gasteiger partial charge is 0.389 e. The molecule has 0 atom stereocenters. The number of piperazine rings is 1. The topological polar surface area (TPSA) is 38.7 Å². The van der Waals surface area contributed by atoms with Crippen LogP contribution in [0.1, 0.15) is 27.7 Å². The molecule has 1 aliphatic rings. The zero-order valence-electron chi connectivity index (χ0n) is 12.8. The first-order valence-corrected chi connectivity index (χ1v) is 7.04. The second-order valence-corrected chi connectivity index (χ2v) is 7.06. The lowest BCUT2D eigenvalue weighted by atomic mass is 9.92. The van der Waals surface area contributed by atoms with Crippen molar-refractivity contribution >= 4 is 0 Å². The summed E-state index contributed by atoms with van der Waals surface area (Å²) in [6.45, 7) is 15.7. The fourth-order valence-electron chi connectivity index (χ4n) is 2.79. The first-order valence-electron chi connectivity index (χ1n) is 7.04. The second-order valence-electron chi connectivity index (χ2n) is 7.06. The molecule has 4 heteroatoms. The van der Waals surface area contributed by atoms with E-state index in [1.807, 2.05) is 20.9 Å². The van der Waals surface area contributed by atoms with Crippen LogP contribution in [0.25, 0.3) is 0 Å². The van der Waals surface area contributed by atoms with E-state index in [0.29, 0.717) is 5.41 Å². The molecule has 0 aliphatic carbocycles. The van der Waals surface area contributed by atoms with Gasteiger partial charge in [0.1, 0.15) is 0 Å². The maximum Gasteiger partial charge on any atom is 0.0718 e. The third-order valence-corrected chi connectivity index (χ3v) is 3.38. The summed E-state index contributed by atoms with van der Waals surface area (Å²) in [6.07, 6.45) is 0. The highest BCUT2D eigenvalue weighted by Gasteiger charge is 2.26. The Bertz CT molecular complexity index is 240. The van der Waals surface area contributed by atoms with Gasteiger partial charge in [-0.25, -0.2) is 0 Å². The Morgan fingerprint density at radius 2 is 1.39 bits per heavy atom. The molecule has 18 heavy (non-hydrogen) atoms. The van der Waals surface area contributed by atoms with E-state index in [0.717, 1.165) is 45.8 Å². The lowest BCUT2D eigenvalue weighted by molar-refractivity contribution is 0.0127. The highest BCUT2D eigenvalue weighted by molar-refractivity contribution is 4.82. The SMILES string of the molecule is CNCC(C)(C)CN1CCN(CC(C)(C)O)CC1. The summed E-state index contributed by atoms with van der Waals surface area (Å²) in [7, 11) is 2.02. The van der Waals surface area contributed by atoms with Crippen molar-refractivity contribution in [3.8, 4) is 0 Å². The Morgan fingerprint density at radius 3 is 1.78 bits per heavy atom. The predicted molar refractivity (Wildman–Crippen MR) is 76.9 cm³/mol. The van der Waals surface area contributed by atoms with E-state index >= 15 is 0 Å². The molecule has 0 spiro atoms. The van der Waals surface area contributed by atoms with Crippen LogP contribution in [-0.4, -0.2) is 73.4 Å². The van der Waals surface area contributed by atoms with Crippen LogP contribution >= 0.6 is 0 Å². The van der Waals surface area contributed by atoms with E-state index in [9.17, 15) is 5.11 Å². The van der Waals surface area contributed by atoms with Gasteiger partial charge in [-0.15, -0.1) is 0 Å². The van der Waals surface area contributed by atoms with Crippen LogP contribution in [-0.2, 0) is 0 Å². The fourth-order valence-corrected chi connectivity index (χ4v) is 2.79. The van der Waals surface area contributed by atoms with E-state index in [2.05, 4.69) is 29.0 Å². The molecular weight excluding hydrogens is 226 g/mol. The van der Waals surface area contributed by atoms with Crippen molar-refractivity contribution in [2.45, 2.75) is 33.3 Å². The van der Waals surface area contributed by atoms with E-state index in [-0.39, 0.29) is 0 Å². The van der Waals surface area contributed by atoms with Crippen molar-refractivity contribution < 1.29 is 5.11 Å². The highest BCUT2D eigenvalue weighted by Crippen LogP contribution is 2.17. The van der Waals surface area contributed by atoms with Crippen LogP contribution in [0.15, 0.2) is 0 Å². The molecule has 1 aliphatic heterocycles. The zero-order valence-corrected chi connectivity index (χ0v) is 12.8. The third-order valence-electron chi connectivity index (χ3n) is 3.38. The molecule has 0 radical (unpaired) electrons. The Labute approximate surface area is 112 Å². The summed E-state index contributed by atoms with van der Waals surface area (Å²) in [5, 5.41) is 13.1. The van der Waals surface area contributed by atoms with Crippen molar-refractivity contribution in [3.05, 3.63) is 0 Å². The average molecular weight is 257 g/mol. The first-order chi connectivity index (χ1) is 8.22. The van der Waals surface area contributed by atoms with Gasteiger partial charge in [0.25, 0.3) is 0 Å². The Hall–Kier alpha value is -0.160. The van der Waals surface area contributed by atoms with Gasteiger partial charge < -0.3 is 15.3 Å². The van der Waals surface area contributed by atoms with Gasteiger partial charge >= 0.3 is 0 Å². The van der Waals surface area contributed by atoms with E-state index in [1.165, 1.54) is 0 Å². The molecule has 0 aromatic carbocycles. The fraction of sp³-hybridized carbons (Fsp3) is 1.00. The quantitative estimate of drug-likeness (QED) is 0.732. The molecule has 1 fully saturated rings. The van der Waals surface area contributed by atoms with Gasteiger partial charge in [0.2, 0.25) is 0 Å². The minimum absolute atomic E-state index is 0.327. The van der Waals surface area contributed by atoms with Crippen LogP contribution < -0.4 is 5.32 Å². The van der Waals surface area contributed by atoms with Crippen molar-refractivity contribution in [2.24, 2.45) is 5.41 Å². The molecular formula is C14H31N3O. The molecule has 1 heterocycles. The normalized spacial score (nSPS) is 20.3. The molecule has 0 amide bonds. The number of β-amino-alcohol motifs (C(OH)–C–C–N with tert-alkyl or cyclic N) is 1. The third kappa shape index (κ3) is 6.14. The van der Waals surface area contributed by atoms with E-state index in [4.69, 9.17) is 0 Å². The van der Waals surface area contributed by atoms with Gasteiger partial charge in [-0.05, 0) is 26.3 Å². The predicted octanol–water partition coefficient (Wildman–Crippen LogP) is 0.621. The van der Waals surface area contributed by atoms with Crippen molar-refractivity contribution in [1.29, 1.82) is 0 Å². The minimum atomic E-state index is -0.576. The summed E-state index contributed by atoms with van der Waals surface area (Å²) >= 11 is 0. The number of rotatable bonds is 6. The Kier molecular flexibility index (Phi) is 5.59. The molecule has 2 N–H and O–H groups in total. The van der Waals surface area contributed by atoms with Crippen molar-refractivity contribution in [1.82, 2.24) is 15.1 Å². The van der Waals surface area contributed by atoms with Gasteiger partial charge in [0.15, 0.2) is 0 Å². The number of hydrogen-bond donors (Lipinski definition) is 2. The maximum atomic E-state index is 9.83. The molecule has 0 bridgehead atoms. The molecule has 0 saturated carbocycles. The van der Waals surface area contributed by atoms with E-state index in [1.54, 1.807) is 0 Å². The second kappa shape index (κ2) is 6.33. The number of nitrogens with one attached hydrogen (secondary N) is 1. The van der Waals surface area contributed by atoms with Gasteiger partial charge in [-0.1, -0.05) is 13.8 Å². The Balaban J connectivity index is 2.31. The van der Waals surface area contributed by atoms with Gasteiger partial charge in [0.05, 0.1) is 5.60 Å². The average Bonchev–Trinajstić information content (AvgIpc) is 2.18. The van der Waals surface area contributed by atoms with E-state index < -0.39 is 5.60 Å². The first kappa shape index (κ1) is 15.9. The summed E-state index contributed by atoms with van der Waals surface area (Å²) in [4.78, 5) is 4.90. The standard InChI is InChI=1S/C14H31N3O/c1-13(2,10-15-5)11-16-6-8-17(9-7-16)12-14(3,4)18/h15,18H,6-12H2,1-5H3. The summed E-state index contributed by atoms with van der Waals surface area (Å²) in [5.41, 5.74) is -0.249. The number of aliphatic hydroxyl groups is 1. The molecule has 0 aromatic heterocycles. The lowest BCUT2D eigenvalue weighted by Gasteiger charge is -2.40. The molecule has 1 rings (SSSR count). The lowest BCUT2D eigenvalue weighted by Crippen LogP contribution is -2.52. The van der Waals surface area contributed by atoms with Crippen LogP contribution in [0, 0.1) is 5.41 Å². The van der Waals surface area contributed by atoms with Crippen LogP contribution in [0.2, 0.25) is 0 Å². The summed E-state index contributed by atoms with van der Waals surface area (Å²) < 4.78 is 0. The van der Waals surface area contributed by atoms with Crippen LogP contribution in [0.3, 0.4) is 0 Å². The van der Waals surface area contributed by atoms with Crippen LogP contribution in [0.5, 0.6) is 0 Å². The molecule has 0 aromatic rings. The van der Waals surface area contributed by atoms with Gasteiger partial charge in [0, 0.05) is 45.8 Å². The van der Waals surface area contributed by atoms with Gasteiger partial charge in [-0.3, -0.25) is 4.90 Å². The summed E-state index contributed by atoms with van der Waals surface area (Å²) in [5.74, 6) is 0. The molecule has 4 nitrogen and oxygen atoms in total. The molecule has 108 valence electrons. The van der Waals surface area contributed by atoms with Gasteiger partial charge in [-0.2, -0.15) is 0 Å². The van der Waals surface area contributed by atoms with Crippen molar-refractivity contribution in [3.63, 3.8) is 0 Å². The Morgan fingerprint density at radius 1 is 0.944 bits per heavy atom. The minimum Gasteiger partial charge on any atom is -0.389 e. The van der Waals surface area contributed by atoms with Crippen molar-refractivity contribution in [2.75, 3.05) is 52.9 Å². The smallest absolute Gasteiger partial charge is 0.0718 e. The summed E-state index contributed by atoms with van der Waals surface area (Å²) in [6, 6.07) is 0. The molecule has 0 unspecified atom stereocenters. The maximum absolute atomic E-state index is 9.83. The monoisotopic (exact) mass is 257 g/mol. The molecule has 1 saturated heterocycles. The zero-order chi connectivity index (χ0) is 13.8. The number of hydrogen-bond acceptors (Lipinski definition) is 4.